The summed E-state index contributed by atoms with van der Waals surface area (Å²) in [5.41, 5.74) is 7.76. The van der Waals surface area contributed by atoms with E-state index in [0.29, 0.717) is 5.56 Å². The molecule has 0 aliphatic carbocycles. The van der Waals surface area contributed by atoms with Crippen LogP contribution in [-0.4, -0.2) is 11.7 Å². The van der Waals surface area contributed by atoms with Gasteiger partial charge in [0, 0.05) is 22.7 Å². The lowest BCUT2D eigenvalue weighted by atomic mass is 9.95. The third-order valence-corrected chi connectivity index (χ3v) is 3.71. The van der Waals surface area contributed by atoms with E-state index >= 15 is 0 Å². The van der Waals surface area contributed by atoms with Crippen molar-refractivity contribution in [3.8, 4) is 17.0 Å². The summed E-state index contributed by atoms with van der Waals surface area (Å²) in [5, 5.41) is 0. The van der Waals surface area contributed by atoms with Gasteiger partial charge in [0.1, 0.15) is 5.75 Å². The molecule has 0 aliphatic heterocycles. The van der Waals surface area contributed by atoms with Crippen LogP contribution in [0.4, 0.5) is 0 Å². The minimum atomic E-state index is -0.674. The highest BCUT2D eigenvalue weighted by molar-refractivity contribution is 5.68. The van der Waals surface area contributed by atoms with Crippen LogP contribution in [0.1, 0.15) is 39.3 Å². The van der Waals surface area contributed by atoms with Crippen LogP contribution in [0.25, 0.3) is 11.3 Å². The highest BCUT2D eigenvalue weighted by atomic mass is 16.5. The van der Waals surface area contributed by atoms with E-state index in [9.17, 15) is 4.79 Å². The van der Waals surface area contributed by atoms with E-state index in [2.05, 4.69) is 0 Å². The minimum Gasteiger partial charge on any atom is -0.496 e. The van der Waals surface area contributed by atoms with Crippen LogP contribution in [-0.2, 0) is 5.54 Å². The topological polar surface area (TPSA) is 57.2 Å². The highest BCUT2D eigenvalue weighted by Crippen LogP contribution is 2.31. The molecule has 0 amide bonds. The standard InChI is InChI=1S/C18H24N2O2/c1-12(2)20-15(13-8-6-7-9-16(13)22-5)11-10-14(17(20)21)18(3,4)19/h6-12H,19H2,1-5H3. The van der Waals surface area contributed by atoms with Gasteiger partial charge in [-0.2, -0.15) is 0 Å². The molecule has 0 atom stereocenters. The molecule has 1 aromatic heterocycles. The van der Waals surface area contributed by atoms with Gasteiger partial charge in [-0.25, -0.2) is 0 Å². The quantitative estimate of drug-likeness (QED) is 0.942. The van der Waals surface area contributed by atoms with Crippen molar-refractivity contribution in [2.45, 2.75) is 39.3 Å². The first kappa shape index (κ1) is 16.3. The molecular weight excluding hydrogens is 276 g/mol. The lowest BCUT2D eigenvalue weighted by Gasteiger charge is -2.24. The fourth-order valence-corrected chi connectivity index (χ4v) is 2.63. The molecule has 1 aromatic carbocycles. The van der Waals surface area contributed by atoms with Gasteiger partial charge in [-0.15, -0.1) is 0 Å². The maximum atomic E-state index is 12.9. The van der Waals surface area contributed by atoms with Gasteiger partial charge in [0.15, 0.2) is 0 Å². The Labute approximate surface area is 131 Å². The lowest BCUT2D eigenvalue weighted by Crippen LogP contribution is -2.38. The van der Waals surface area contributed by atoms with Gasteiger partial charge in [-0.3, -0.25) is 4.79 Å². The predicted octanol–water partition coefficient (Wildman–Crippen LogP) is 3.30. The van der Waals surface area contributed by atoms with E-state index in [1.807, 2.05) is 64.1 Å². The molecule has 0 unspecified atom stereocenters. The monoisotopic (exact) mass is 300 g/mol. The van der Waals surface area contributed by atoms with Gasteiger partial charge >= 0.3 is 0 Å². The van der Waals surface area contributed by atoms with Crippen molar-refractivity contribution in [3.63, 3.8) is 0 Å². The number of aromatic nitrogens is 1. The zero-order valence-electron chi connectivity index (χ0n) is 13.9. The van der Waals surface area contributed by atoms with Gasteiger partial charge < -0.3 is 15.0 Å². The Balaban J connectivity index is 2.78. The summed E-state index contributed by atoms with van der Waals surface area (Å²) in [4.78, 5) is 12.9. The number of para-hydroxylation sites is 1. The Morgan fingerprint density at radius 2 is 1.77 bits per heavy atom. The number of hydrogen-bond donors (Lipinski definition) is 1. The van der Waals surface area contributed by atoms with E-state index in [-0.39, 0.29) is 11.6 Å². The summed E-state index contributed by atoms with van der Waals surface area (Å²) in [5.74, 6) is 0.746. The molecule has 0 radical (unpaired) electrons. The molecule has 1 heterocycles. The van der Waals surface area contributed by atoms with Crippen LogP contribution in [0.5, 0.6) is 5.75 Å². The average molecular weight is 300 g/mol. The van der Waals surface area contributed by atoms with Crippen LogP contribution in [0.3, 0.4) is 0 Å². The zero-order valence-corrected chi connectivity index (χ0v) is 13.9. The first-order valence-corrected chi connectivity index (χ1v) is 7.45. The molecule has 22 heavy (non-hydrogen) atoms. The minimum absolute atomic E-state index is 0.0229. The normalized spacial score (nSPS) is 11.8. The number of ether oxygens (including phenoxy) is 1. The Morgan fingerprint density at radius 3 is 2.32 bits per heavy atom. The highest BCUT2D eigenvalue weighted by Gasteiger charge is 2.22. The maximum Gasteiger partial charge on any atom is 0.256 e. The van der Waals surface area contributed by atoms with Crippen molar-refractivity contribution >= 4 is 0 Å². The van der Waals surface area contributed by atoms with Crippen molar-refractivity contribution in [3.05, 3.63) is 52.3 Å². The maximum absolute atomic E-state index is 12.9. The van der Waals surface area contributed by atoms with Crippen molar-refractivity contribution < 1.29 is 4.74 Å². The summed E-state index contributed by atoms with van der Waals surface area (Å²) in [7, 11) is 1.63. The van der Waals surface area contributed by atoms with Gasteiger partial charge in [0.05, 0.1) is 12.8 Å². The SMILES string of the molecule is COc1ccccc1-c1ccc(C(C)(C)N)c(=O)n1C(C)C. The third-order valence-electron chi connectivity index (χ3n) is 3.71. The Morgan fingerprint density at radius 1 is 1.14 bits per heavy atom. The fourth-order valence-electron chi connectivity index (χ4n) is 2.63. The zero-order chi connectivity index (χ0) is 16.5. The number of methoxy groups -OCH3 is 1. The van der Waals surface area contributed by atoms with Crippen LogP contribution in [0, 0.1) is 0 Å². The van der Waals surface area contributed by atoms with Gasteiger partial charge in [0.25, 0.3) is 5.56 Å². The summed E-state index contributed by atoms with van der Waals surface area (Å²) in [6, 6.07) is 11.5. The molecule has 118 valence electrons. The van der Waals surface area contributed by atoms with Crippen molar-refractivity contribution in [1.29, 1.82) is 0 Å². The van der Waals surface area contributed by atoms with E-state index in [1.165, 1.54) is 0 Å². The molecule has 0 aliphatic rings. The molecule has 4 nitrogen and oxygen atoms in total. The molecule has 0 fully saturated rings. The van der Waals surface area contributed by atoms with Crippen molar-refractivity contribution in [2.75, 3.05) is 7.11 Å². The molecule has 2 N–H and O–H groups in total. The van der Waals surface area contributed by atoms with E-state index in [1.54, 1.807) is 11.7 Å². The molecule has 0 spiro atoms. The second-order valence-corrected chi connectivity index (χ2v) is 6.32. The van der Waals surface area contributed by atoms with Crippen molar-refractivity contribution in [2.24, 2.45) is 5.73 Å². The number of pyridine rings is 1. The number of nitrogens with zero attached hydrogens (tertiary/aromatic N) is 1. The Hall–Kier alpha value is -2.07. The Bertz CT molecular complexity index is 725. The van der Waals surface area contributed by atoms with Crippen LogP contribution < -0.4 is 16.0 Å². The van der Waals surface area contributed by atoms with Crippen molar-refractivity contribution in [1.82, 2.24) is 4.57 Å². The smallest absolute Gasteiger partial charge is 0.256 e. The van der Waals surface area contributed by atoms with Crippen LogP contribution in [0.2, 0.25) is 0 Å². The predicted molar refractivity (Wildman–Crippen MR) is 90.3 cm³/mol. The second-order valence-electron chi connectivity index (χ2n) is 6.32. The summed E-state index contributed by atoms with van der Waals surface area (Å²) < 4.78 is 7.21. The average Bonchev–Trinajstić information content (AvgIpc) is 2.45. The molecule has 0 bridgehead atoms. The van der Waals surface area contributed by atoms with Crippen LogP contribution in [0.15, 0.2) is 41.2 Å². The summed E-state index contributed by atoms with van der Waals surface area (Å²) in [6.45, 7) is 7.68. The fraction of sp³-hybridized carbons (Fsp3) is 0.389. The van der Waals surface area contributed by atoms with Gasteiger partial charge in [-0.05, 0) is 52.0 Å². The number of benzene rings is 1. The molecule has 4 heteroatoms. The number of nitrogens with two attached hydrogens (primary N) is 1. The van der Waals surface area contributed by atoms with Gasteiger partial charge in [-0.1, -0.05) is 12.1 Å². The first-order chi connectivity index (χ1) is 10.3. The molecule has 0 saturated carbocycles. The molecule has 2 rings (SSSR count). The summed E-state index contributed by atoms with van der Waals surface area (Å²) >= 11 is 0. The molecular formula is C18H24N2O2. The summed E-state index contributed by atoms with van der Waals surface area (Å²) in [6.07, 6.45) is 0. The first-order valence-electron chi connectivity index (χ1n) is 7.45. The third kappa shape index (κ3) is 2.92. The van der Waals surface area contributed by atoms with E-state index in [0.717, 1.165) is 17.0 Å². The van der Waals surface area contributed by atoms with E-state index in [4.69, 9.17) is 10.5 Å². The molecule has 2 aromatic rings. The van der Waals surface area contributed by atoms with Gasteiger partial charge in [0.2, 0.25) is 0 Å². The lowest BCUT2D eigenvalue weighted by molar-refractivity contribution is 0.415. The van der Waals surface area contributed by atoms with Crippen LogP contribution >= 0.6 is 0 Å². The largest absolute Gasteiger partial charge is 0.496 e. The molecule has 0 saturated heterocycles. The second kappa shape index (κ2) is 5.97. The number of rotatable bonds is 4. The number of hydrogen-bond acceptors (Lipinski definition) is 3. The van der Waals surface area contributed by atoms with E-state index < -0.39 is 5.54 Å². The Kier molecular flexibility index (Phi) is 4.42.